The zero-order chi connectivity index (χ0) is 22.3. The molecule has 1 N–H and O–H groups in total. The first-order valence-electron chi connectivity index (χ1n) is 11.2. The number of hydrogen-bond acceptors (Lipinski definition) is 1. The average Bonchev–Trinajstić information content (AvgIpc) is 3.09. The molecule has 2 aliphatic carbocycles. The Labute approximate surface area is 186 Å². The van der Waals surface area contributed by atoms with Crippen LogP contribution in [0.2, 0.25) is 0 Å². The second-order valence-electron chi connectivity index (χ2n) is 9.03. The zero-order valence-corrected chi connectivity index (χ0v) is 19.1. The molecule has 0 bridgehead atoms. The van der Waals surface area contributed by atoms with Crippen LogP contribution in [0.4, 0.5) is 0 Å². The van der Waals surface area contributed by atoms with Gasteiger partial charge in [-0.1, -0.05) is 75.6 Å². The van der Waals surface area contributed by atoms with Crippen LogP contribution >= 0.6 is 0 Å². The lowest BCUT2D eigenvalue weighted by atomic mass is 9.74. The number of benzene rings is 2. The summed E-state index contributed by atoms with van der Waals surface area (Å²) in [7, 11) is 0. The topological polar surface area (TPSA) is 20.2 Å². The highest BCUT2D eigenvalue weighted by atomic mass is 16.3. The summed E-state index contributed by atoms with van der Waals surface area (Å²) in [5.41, 5.74) is 12.6. The SMILES string of the molecule is C=C(O)C1=CC(Cc2ccc3c(c2)C(CC)C(=C)C(c2c(C)cccc2C)=C3)=CC1C. The summed E-state index contributed by atoms with van der Waals surface area (Å²) >= 11 is 0. The minimum atomic E-state index is 0.177. The third kappa shape index (κ3) is 3.85. The van der Waals surface area contributed by atoms with E-state index in [1.54, 1.807) is 0 Å². The minimum absolute atomic E-state index is 0.177. The number of aliphatic hydroxyl groups is 1. The van der Waals surface area contributed by atoms with Crippen LogP contribution in [0.15, 0.2) is 84.2 Å². The highest BCUT2D eigenvalue weighted by Crippen LogP contribution is 2.45. The van der Waals surface area contributed by atoms with E-state index >= 15 is 0 Å². The van der Waals surface area contributed by atoms with Crippen LogP contribution in [0.1, 0.15) is 59.6 Å². The van der Waals surface area contributed by atoms with Gasteiger partial charge in [0.1, 0.15) is 5.76 Å². The molecule has 2 aliphatic rings. The van der Waals surface area contributed by atoms with Gasteiger partial charge in [-0.15, -0.1) is 0 Å². The molecule has 0 saturated carbocycles. The summed E-state index contributed by atoms with van der Waals surface area (Å²) in [4.78, 5) is 0. The van der Waals surface area contributed by atoms with Crippen LogP contribution in [0, 0.1) is 19.8 Å². The van der Waals surface area contributed by atoms with Crippen molar-refractivity contribution in [3.8, 4) is 0 Å². The molecule has 0 aromatic heterocycles. The van der Waals surface area contributed by atoms with Crippen LogP contribution in [-0.2, 0) is 6.42 Å². The van der Waals surface area contributed by atoms with Gasteiger partial charge in [0.15, 0.2) is 0 Å². The van der Waals surface area contributed by atoms with Crippen molar-refractivity contribution in [1.82, 2.24) is 0 Å². The van der Waals surface area contributed by atoms with E-state index in [0.717, 1.165) is 18.4 Å². The molecule has 0 spiro atoms. The largest absolute Gasteiger partial charge is 0.508 e. The van der Waals surface area contributed by atoms with Crippen molar-refractivity contribution in [3.63, 3.8) is 0 Å². The number of aryl methyl sites for hydroxylation is 2. The van der Waals surface area contributed by atoms with E-state index in [4.69, 9.17) is 0 Å². The van der Waals surface area contributed by atoms with Crippen molar-refractivity contribution in [3.05, 3.63) is 118 Å². The Balaban J connectivity index is 1.72. The molecule has 2 aromatic carbocycles. The summed E-state index contributed by atoms with van der Waals surface area (Å²) in [5, 5.41) is 9.81. The van der Waals surface area contributed by atoms with E-state index in [-0.39, 0.29) is 11.7 Å². The van der Waals surface area contributed by atoms with Crippen molar-refractivity contribution < 1.29 is 5.11 Å². The maximum Gasteiger partial charge on any atom is 0.112 e. The van der Waals surface area contributed by atoms with Crippen LogP contribution in [0.5, 0.6) is 0 Å². The van der Waals surface area contributed by atoms with Crippen LogP contribution < -0.4 is 0 Å². The van der Waals surface area contributed by atoms with E-state index in [1.165, 1.54) is 50.1 Å². The van der Waals surface area contributed by atoms with Crippen LogP contribution in [0.3, 0.4) is 0 Å². The molecule has 2 aromatic rings. The number of rotatable bonds is 5. The molecule has 0 saturated heterocycles. The van der Waals surface area contributed by atoms with Crippen LogP contribution in [-0.4, -0.2) is 5.11 Å². The molecule has 4 rings (SSSR count). The third-order valence-electron chi connectivity index (χ3n) is 6.79. The monoisotopic (exact) mass is 408 g/mol. The van der Waals surface area contributed by atoms with Crippen molar-refractivity contribution in [2.45, 2.75) is 46.5 Å². The normalized spacial score (nSPS) is 20.1. The lowest BCUT2D eigenvalue weighted by molar-refractivity contribution is 0.418. The van der Waals surface area contributed by atoms with E-state index in [0.29, 0.717) is 5.92 Å². The molecule has 2 unspecified atom stereocenters. The Kier molecular flexibility index (Phi) is 5.62. The second-order valence-corrected chi connectivity index (χ2v) is 9.03. The zero-order valence-electron chi connectivity index (χ0n) is 19.1. The fraction of sp³-hybridized carbons (Fsp3) is 0.267. The minimum Gasteiger partial charge on any atom is -0.508 e. The van der Waals surface area contributed by atoms with E-state index in [1.807, 2.05) is 0 Å². The molecule has 0 aliphatic heterocycles. The standard InChI is InChI=1S/C30H32O/c1-7-26-21(5)28(30-18(2)9-8-10-19(30)3)17-25-12-11-23(15-29(25)26)14-24-13-20(4)27(16-24)22(6)31/h8-13,15-17,20,26,31H,5-7,14H2,1-4H3. The van der Waals surface area contributed by atoms with Gasteiger partial charge in [-0.05, 0) is 82.9 Å². The van der Waals surface area contributed by atoms with Crippen molar-refractivity contribution >= 4 is 11.6 Å². The summed E-state index contributed by atoms with van der Waals surface area (Å²) in [5.74, 6) is 0.723. The van der Waals surface area contributed by atoms with Gasteiger partial charge in [0, 0.05) is 17.4 Å². The van der Waals surface area contributed by atoms with Gasteiger partial charge in [-0.2, -0.15) is 0 Å². The predicted octanol–water partition coefficient (Wildman–Crippen LogP) is 8.02. The van der Waals surface area contributed by atoms with E-state index in [2.05, 4.69) is 95.5 Å². The maximum atomic E-state index is 9.81. The highest BCUT2D eigenvalue weighted by Gasteiger charge is 2.26. The molecular weight excluding hydrogens is 376 g/mol. The number of allylic oxidation sites excluding steroid dienone is 6. The Hall–Kier alpha value is -3.06. The molecule has 1 heteroatoms. The number of aliphatic hydroxyl groups excluding tert-OH is 1. The van der Waals surface area contributed by atoms with Crippen molar-refractivity contribution in [2.75, 3.05) is 0 Å². The van der Waals surface area contributed by atoms with Gasteiger partial charge < -0.3 is 5.11 Å². The molecule has 0 heterocycles. The van der Waals surface area contributed by atoms with E-state index < -0.39 is 0 Å². The predicted molar refractivity (Wildman–Crippen MR) is 133 cm³/mol. The fourth-order valence-electron chi connectivity index (χ4n) is 5.21. The molecule has 0 radical (unpaired) electrons. The van der Waals surface area contributed by atoms with Gasteiger partial charge in [0.05, 0.1) is 0 Å². The fourth-order valence-corrected chi connectivity index (χ4v) is 5.21. The second kappa shape index (κ2) is 8.23. The van der Waals surface area contributed by atoms with Crippen molar-refractivity contribution in [2.24, 2.45) is 5.92 Å². The quantitative estimate of drug-likeness (QED) is 0.497. The van der Waals surface area contributed by atoms with Gasteiger partial charge in [-0.25, -0.2) is 0 Å². The number of fused-ring (bicyclic) bond motifs is 1. The van der Waals surface area contributed by atoms with Gasteiger partial charge in [0.2, 0.25) is 0 Å². The van der Waals surface area contributed by atoms with Gasteiger partial charge >= 0.3 is 0 Å². The average molecular weight is 409 g/mol. The molecular formula is C30H32O. The molecule has 0 fully saturated rings. The van der Waals surface area contributed by atoms with Gasteiger partial charge in [0.25, 0.3) is 0 Å². The van der Waals surface area contributed by atoms with Gasteiger partial charge in [-0.3, -0.25) is 0 Å². The Morgan fingerprint density at radius 2 is 1.77 bits per heavy atom. The molecule has 1 nitrogen and oxygen atoms in total. The Bertz CT molecular complexity index is 1150. The summed E-state index contributed by atoms with van der Waals surface area (Å²) in [6.07, 6.45) is 8.54. The first kappa shape index (κ1) is 21.2. The maximum absolute atomic E-state index is 9.81. The Morgan fingerprint density at radius 1 is 1.06 bits per heavy atom. The molecule has 31 heavy (non-hydrogen) atoms. The molecule has 2 atom stereocenters. The van der Waals surface area contributed by atoms with E-state index in [9.17, 15) is 5.11 Å². The first-order valence-corrected chi connectivity index (χ1v) is 11.2. The lowest BCUT2D eigenvalue weighted by Crippen LogP contribution is -2.11. The van der Waals surface area contributed by atoms with Crippen molar-refractivity contribution in [1.29, 1.82) is 0 Å². The van der Waals surface area contributed by atoms with Crippen LogP contribution in [0.25, 0.3) is 11.6 Å². The highest BCUT2D eigenvalue weighted by molar-refractivity contribution is 5.96. The third-order valence-corrected chi connectivity index (χ3v) is 6.79. The lowest BCUT2D eigenvalue weighted by Gasteiger charge is -2.30. The molecule has 158 valence electrons. The smallest absolute Gasteiger partial charge is 0.112 e. The summed E-state index contributed by atoms with van der Waals surface area (Å²) < 4.78 is 0. The summed E-state index contributed by atoms with van der Waals surface area (Å²) in [6.45, 7) is 17.0. The Morgan fingerprint density at radius 3 is 2.39 bits per heavy atom. The number of hydrogen-bond donors (Lipinski definition) is 1. The first-order chi connectivity index (χ1) is 14.8. The molecule has 0 amide bonds. The summed E-state index contributed by atoms with van der Waals surface area (Å²) in [6, 6.07) is 13.4.